The minimum absolute atomic E-state index is 0.110. The summed E-state index contributed by atoms with van der Waals surface area (Å²) in [6.07, 6.45) is 0.962. The molecule has 0 fully saturated rings. The molecule has 20 heavy (non-hydrogen) atoms. The van der Waals surface area contributed by atoms with Crippen LogP contribution in [0, 0.1) is 5.82 Å². The average molecular weight is 273 g/mol. The third-order valence-electron chi connectivity index (χ3n) is 3.38. The Morgan fingerprint density at radius 3 is 2.55 bits per heavy atom. The zero-order valence-electron chi connectivity index (χ0n) is 11.9. The van der Waals surface area contributed by atoms with Crippen molar-refractivity contribution in [2.75, 3.05) is 13.7 Å². The van der Waals surface area contributed by atoms with Gasteiger partial charge in [-0.25, -0.2) is 4.39 Å². The van der Waals surface area contributed by atoms with Gasteiger partial charge in [-0.15, -0.1) is 0 Å². The largest absolute Gasteiger partial charge is 0.494 e. The molecule has 0 saturated carbocycles. The number of hydrogen-bond acceptors (Lipinski definition) is 2. The van der Waals surface area contributed by atoms with E-state index in [4.69, 9.17) is 4.74 Å². The Labute approximate surface area is 119 Å². The van der Waals surface area contributed by atoms with Gasteiger partial charge in [0.1, 0.15) is 0 Å². The van der Waals surface area contributed by atoms with Crippen LogP contribution >= 0.6 is 0 Å². The van der Waals surface area contributed by atoms with Crippen molar-refractivity contribution < 1.29 is 9.13 Å². The lowest BCUT2D eigenvalue weighted by atomic mass is 10.1. The van der Waals surface area contributed by atoms with Crippen LogP contribution in [0.2, 0.25) is 0 Å². The van der Waals surface area contributed by atoms with E-state index in [1.165, 1.54) is 18.7 Å². The van der Waals surface area contributed by atoms with Crippen molar-refractivity contribution in [3.05, 3.63) is 65.5 Å². The molecule has 1 atom stereocenters. The molecule has 0 spiro atoms. The van der Waals surface area contributed by atoms with Gasteiger partial charge in [0, 0.05) is 6.04 Å². The number of rotatable bonds is 6. The summed E-state index contributed by atoms with van der Waals surface area (Å²) in [7, 11) is 1.47. The Morgan fingerprint density at radius 1 is 1.15 bits per heavy atom. The van der Waals surface area contributed by atoms with E-state index in [0.29, 0.717) is 0 Å². The first kappa shape index (κ1) is 14.5. The number of nitrogens with one attached hydrogen (secondary N) is 1. The summed E-state index contributed by atoms with van der Waals surface area (Å²) < 4.78 is 18.6. The van der Waals surface area contributed by atoms with Gasteiger partial charge in [-0.2, -0.15) is 0 Å². The fourth-order valence-electron chi connectivity index (χ4n) is 2.15. The highest BCUT2D eigenvalue weighted by molar-refractivity contribution is 5.30. The van der Waals surface area contributed by atoms with Crippen molar-refractivity contribution >= 4 is 0 Å². The van der Waals surface area contributed by atoms with E-state index in [1.807, 2.05) is 31.2 Å². The minimum Gasteiger partial charge on any atom is -0.494 e. The molecule has 0 aliphatic heterocycles. The van der Waals surface area contributed by atoms with E-state index in [1.54, 1.807) is 6.07 Å². The van der Waals surface area contributed by atoms with Crippen LogP contribution in [0.1, 0.15) is 24.1 Å². The first-order valence-corrected chi connectivity index (χ1v) is 6.81. The zero-order valence-corrected chi connectivity index (χ0v) is 11.9. The molecule has 0 aliphatic carbocycles. The Kier molecular flexibility index (Phi) is 5.13. The molecule has 2 rings (SSSR count). The third-order valence-corrected chi connectivity index (χ3v) is 3.38. The topological polar surface area (TPSA) is 21.3 Å². The van der Waals surface area contributed by atoms with Crippen molar-refractivity contribution in [2.24, 2.45) is 0 Å². The Bertz CT molecular complexity index is 542. The number of benzene rings is 2. The standard InChI is InChI=1S/C17H20FNO/c1-13(15-8-9-17(20-2)16(18)12-15)19-11-10-14-6-4-3-5-7-14/h3-9,12-13,19H,10-11H2,1-2H3. The van der Waals surface area contributed by atoms with E-state index >= 15 is 0 Å². The van der Waals surface area contributed by atoms with Gasteiger partial charge in [0.25, 0.3) is 0 Å². The average Bonchev–Trinajstić information content (AvgIpc) is 2.48. The molecule has 0 aliphatic rings. The van der Waals surface area contributed by atoms with Crippen LogP contribution in [0.5, 0.6) is 5.75 Å². The Balaban J connectivity index is 1.88. The van der Waals surface area contributed by atoms with Gasteiger partial charge in [0.15, 0.2) is 11.6 Å². The normalized spacial score (nSPS) is 12.2. The molecular weight excluding hydrogens is 253 g/mol. The molecule has 0 radical (unpaired) electrons. The molecule has 0 bridgehead atoms. The van der Waals surface area contributed by atoms with E-state index in [2.05, 4.69) is 17.4 Å². The number of ether oxygens (including phenoxy) is 1. The van der Waals surface area contributed by atoms with Gasteiger partial charge in [-0.05, 0) is 43.1 Å². The molecule has 106 valence electrons. The van der Waals surface area contributed by atoms with Crippen molar-refractivity contribution in [3.8, 4) is 5.75 Å². The molecule has 3 heteroatoms. The predicted octanol–water partition coefficient (Wildman–Crippen LogP) is 3.73. The summed E-state index contributed by atoms with van der Waals surface area (Å²) in [5.74, 6) is -0.0352. The predicted molar refractivity (Wildman–Crippen MR) is 79.5 cm³/mol. The highest BCUT2D eigenvalue weighted by Gasteiger charge is 2.08. The second-order valence-corrected chi connectivity index (χ2v) is 4.81. The molecule has 2 nitrogen and oxygen atoms in total. The van der Waals surface area contributed by atoms with Gasteiger partial charge in [0.2, 0.25) is 0 Å². The molecular formula is C17H20FNO. The monoisotopic (exact) mass is 273 g/mol. The van der Waals surface area contributed by atoms with Crippen LogP contribution in [0.3, 0.4) is 0 Å². The summed E-state index contributed by atoms with van der Waals surface area (Å²) in [6, 6.07) is 15.5. The van der Waals surface area contributed by atoms with Gasteiger partial charge in [0.05, 0.1) is 7.11 Å². The van der Waals surface area contributed by atoms with Crippen LogP contribution in [0.4, 0.5) is 4.39 Å². The van der Waals surface area contributed by atoms with Crippen LogP contribution in [-0.2, 0) is 6.42 Å². The quantitative estimate of drug-likeness (QED) is 0.866. The highest BCUT2D eigenvalue weighted by Crippen LogP contribution is 2.21. The van der Waals surface area contributed by atoms with Crippen molar-refractivity contribution in [2.45, 2.75) is 19.4 Å². The number of halogens is 1. The van der Waals surface area contributed by atoms with E-state index < -0.39 is 0 Å². The Hall–Kier alpha value is -1.87. The molecule has 2 aromatic carbocycles. The summed E-state index contributed by atoms with van der Waals surface area (Å²) in [4.78, 5) is 0. The van der Waals surface area contributed by atoms with Crippen LogP contribution in [0.15, 0.2) is 48.5 Å². The highest BCUT2D eigenvalue weighted by atomic mass is 19.1. The van der Waals surface area contributed by atoms with E-state index in [9.17, 15) is 4.39 Å². The third kappa shape index (κ3) is 3.81. The molecule has 1 N–H and O–H groups in total. The summed E-state index contributed by atoms with van der Waals surface area (Å²) in [5, 5.41) is 3.40. The van der Waals surface area contributed by atoms with Gasteiger partial charge in [-0.3, -0.25) is 0 Å². The SMILES string of the molecule is COc1ccc(C(C)NCCc2ccccc2)cc1F. The lowest BCUT2D eigenvalue weighted by Gasteiger charge is -2.15. The maximum atomic E-state index is 13.6. The minimum atomic E-state index is -0.318. The summed E-state index contributed by atoms with van der Waals surface area (Å²) in [6.45, 7) is 2.89. The molecule has 0 aromatic heterocycles. The maximum Gasteiger partial charge on any atom is 0.165 e. The van der Waals surface area contributed by atoms with Crippen LogP contribution < -0.4 is 10.1 Å². The van der Waals surface area contributed by atoms with Crippen LogP contribution in [-0.4, -0.2) is 13.7 Å². The molecule has 0 amide bonds. The lowest BCUT2D eigenvalue weighted by molar-refractivity contribution is 0.385. The fraction of sp³-hybridized carbons (Fsp3) is 0.294. The number of hydrogen-bond donors (Lipinski definition) is 1. The summed E-state index contributed by atoms with van der Waals surface area (Å²) in [5.41, 5.74) is 2.23. The van der Waals surface area contributed by atoms with Gasteiger partial charge in [-0.1, -0.05) is 36.4 Å². The maximum absolute atomic E-state index is 13.6. The Morgan fingerprint density at radius 2 is 1.90 bits per heavy atom. The van der Waals surface area contributed by atoms with Gasteiger partial charge >= 0.3 is 0 Å². The second kappa shape index (κ2) is 7.06. The van der Waals surface area contributed by atoms with Crippen molar-refractivity contribution in [1.82, 2.24) is 5.32 Å². The van der Waals surface area contributed by atoms with E-state index in [0.717, 1.165) is 18.5 Å². The lowest BCUT2D eigenvalue weighted by Crippen LogP contribution is -2.21. The number of methoxy groups -OCH3 is 1. The molecule has 0 saturated heterocycles. The fourth-order valence-corrected chi connectivity index (χ4v) is 2.15. The van der Waals surface area contributed by atoms with Crippen LogP contribution in [0.25, 0.3) is 0 Å². The van der Waals surface area contributed by atoms with Crippen molar-refractivity contribution in [3.63, 3.8) is 0 Å². The zero-order chi connectivity index (χ0) is 14.4. The molecule has 2 aromatic rings. The van der Waals surface area contributed by atoms with E-state index in [-0.39, 0.29) is 17.6 Å². The molecule has 1 unspecified atom stereocenters. The van der Waals surface area contributed by atoms with Gasteiger partial charge < -0.3 is 10.1 Å². The smallest absolute Gasteiger partial charge is 0.165 e. The second-order valence-electron chi connectivity index (χ2n) is 4.81. The summed E-state index contributed by atoms with van der Waals surface area (Å²) >= 11 is 0. The first-order valence-electron chi connectivity index (χ1n) is 6.81. The van der Waals surface area contributed by atoms with Crippen molar-refractivity contribution in [1.29, 1.82) is 0 Å². The first-order chi connectivity index (χ1) is 9.70. The molecule has 0 heterocycles.